The van der Waals surface area contributed by atoms with Gasteiger partial charge in [0.05, 0.1) is 6.42 Å². The molecule has 13 heavy (non-hydrogen) atoms. The van der Waals surface area contributed by atoms with Gasteiger partial charge in [0.25, 0.3) is 0 Å². The van der Waals surface area contributed by atoms with E-state index in [2.05, 4.69) is 10.5 Å². The lowest BCUT2D eigenvalue weighted by Crippen LogP contribution is -2.32. The molecule has 2 aliphatic rings. The van der Waals surface area contributed by atoms with Gasteiger partial charge in [-0.3, -0.25) is 4.79 Å². The molecule has 6 nitrogen and oxygen atoms in total. The molecular formula is C7H11N3O3. The van der Waals surface area contributed by atoms with Crippen LogP contribution >= 0.6 is 0 Å². The summed E-state index contributed by atoms with van der Waals surface area (Å²) in [6.07, 6.45) is 0.941. The van der Waals surface area contributed by atoms with Crippen LogP contribution < -0.4 is 11.1 Å². The fourth-order valence-electron chi connectivity index (χ4n) is 1.75. The van der Waals surface area contributed by atoms with Crippen LogP contribution in [0.15, 0.2) is 5.16 Å². The second-order valence-corrected chi connectivity index (χ2v) is 3.51. The maximum absolute atomic E-state index is 10.6. The van der Waals surface area contributed by atoms with Crippen molar-refractivity contribution in [1.29, 1.82) is 0 Å². The molecule has 4 N–H and O–H groups in total. The van der Waals surface area contributed by atoms with Crippen LogP contribution in [0, 0.1) is 0 Å². The Bertz CT molecular complexity index is 278. The fraction of sp³-hybridized carbons (Fsp3) is 0.714. The molecule has 2 unspecified atom stereocenters. The first-order valence-electron chi connectivity index (χ1n) is 4.08. The number of aliphatic carboxylic acids is 1. The summed E-state index contributed by atoms with van der Waals surface area (Å²) in [5, 5.41) is 15.2. The van der Waals surface area contributed by atoms with Crippen LogP contribution in [0.4, 0.5) is 0 Å². The maximum atomic E-state index is 10.6. The first-order chi connectivity index (χ1) is 6.11. The minimum Gasteiger partial charge on any atom is -0.480 e. The SMILES string of the molecule is NC1=NOC2(CNC(C(=O)O)C2)C1. The summed E-state index contributed by atoms with van der Waals surface area (Å²) in [5.41, 5.74) is 4.95. The number of carbonyl (C=O) groups is 1. The molecule has 0 aliphatic carbocycles. The van der Waals surface area contributed by atoms with Gasteiger partial charge in [-0.1, -0.05) is 5.16 Å². The molecule has 0 amide bonds. The second-order valence-electron chi connectivity index (χ2n) is 3.51. The Morgan fingerprint density at radius 2 is 2.62 bits per heavy atom. The van der Waals surface area contributed by atoms with Crippen molar-refractivity contribution in [2.45, 2.75) is 24.5 Å². The van der Waals surface area contributed by atoms with E-state index in [0.29, 0.717) is 25.2 Å². The van der Waals surface area contributed by atoms with Crippen LogP contribution in [0.5, 0.6) is 0 Å². The van der Waals surface area contributed by atoms with E-state index in [1.165, 1.54) is 0 Å². The lowest BCUT2D eigenvalue weighted by Gasteiger charge is -2.17. The van der Waals surface area contributed by atoms with Crippen molar-refractivity contribution in [3.8, 4) is 0 Å². The van der Waals surface area contributed by atoms with Crippen molar-refractivity contribution in [2.24, 2.45) is 10.9 Å². The number of oxime groups is 1. The largest absolute Gasteiger partial charge is 0.480 e. The van der Waals surface area contributed by atoms with Gasteiger partial charge in [0, 0.05) is 13.0 Å². The van der Waals surface area contributed by atoms with Gasteiger partial charge in [0.15, 0.2) is 5.60 Å². The number of hydrogen-bond donors (Lipinski definition) is 3. The van der Waals surface area contributed by atoms with Gasteiger partial charge in [-0.2, -0.15) is 0 Å². The number of nitrogens with one attached hydrogen (secondary N) is 1. The van der Waals surface area contributed by atoms with Gasteiger partial charge < -0.3 is 21.0 Å². The van der Waals surface area contributed by atoms with Crippen LogP contribution in [0.2, 0.25) is 0 Å². The van der Waals surface area contributed by atoms with E-state index in [-0.39, 0.29) is 0 Å². The summed E-state index contributed by atoms with van der Waals surface area (Å²) >= 11 is 0. The van der Waals surface area contributed by atoms with E-state index >= 15 is 0 Å². The van der Waals surface area contributed by atoms with Gasteiger partial charge in [0.2, 0.25) is 0 Å². The molecule has 1 fully saturated rings. The molecule has 0 aromatic rings. The number of hydrogen-bond acceptors (Lipinski definition) is 5. The van der Waals surface area contributed by atoms with Gasteiger partial charge in [-0.05, 0) is 0 Å². The highest BCUT2D eigenvalue weighted by molar-refractivity contribution is 5.82. The van der Waals surface area contributed by atoms with E-state index in [0.717, 1.165) is 0 Å². The molecule has 1 spiro atoms. The predicted molar refractivity (Wildman–Crippen MR) is 44.1 cm³/mol. The maximum Gasteiger partial charge on any atom is 0.320 e. The molecule has 6 heteroatoms. The van der Waals surface area contributed by atoms with Gasteiger partial charge in [-0.25, -0.2) is 0 Å². The van der Waals surface area contributed by atoms with E-state index in [1.54, 1.807) is 0 Å². The summed E-state index contributed by atoms with van der Waals surface area (Å²) in [6, 6.07) is -0.541. The van der Waals surface area contributed by atoms with Crippen molar-refractivity contribution in [1.82, 2.24) is 5.32 Å². The Balaban J connectivity index is 2.02. The average Bonchev–Trinajstić information content (AvgIpc) is 2.61. The molecule has 0 radical (unpaired) electrons. The molecule has 2 atom stereocenters. The first kappa shape index (κ1) is 8.31. The van der Waals surface area contributed by atoms with Crippen LogP contribution in [0.1, 0.15) is 12.8 Å². The minimum absolute atomic E-state index is 0.423. The Morgan fingerprint density at radius 1 is 1.85 bits per heavy atom. The Morgan fingerprint density at radius 3 is 3.08 bits per heavy atom. The van der Waals surface area contributed by atoms with Gasteiger partial charge in [-0.15, -0.1) is 0 Å². The number of carboxylic acid groups (broad SMARTS) is 1. The fourth-order valence-corrected chi connectivity index (χ4v) is 1.75. The standard InChI is InChI=1S/C7H11N3O3/c8-5-2-7(13-10-5)1-4(6(11)12)9-3-7/h4,9H,1-3H2,(H2,8,10)(H,11,12). The molecule has 2 aliphatic heterocycles. The molecule has 0 aromatic heterocycles. The molecular weight excluding hydrogens is 174 g/mol. The minimum atomic E-state index is -0.856. The number of amidine groups is 1. The van der Waals surface area contributed by atoms with Gasteiger partial charge >= 0.3 is 5.97 Å². The van der Waals surface area contributed by atoms with Crippen molar-refractivity contribution in [3.05, 3.63) is 0 Å². The average molecular weight is 185 g/mol. The molecule has 2 rings (SSSR count). The summed E-state index contributed by atoms with van der Waals surface area (Å²) in [6.45, 7) is 0.494. The Labute approximate surface area is 74.7 Å². The molecule has 1 saturated heterocycles. The predicted octanol–water partition coefficient (Wildman–Crippen LogP) is -1.14. The molecule has 0 aromatic carbocycles. The zero-order chi connectivity index (χ0) is 9.47. The van der Waals surface area contributed by atoms with Crippen molar-refractivity contribution in [2.75, 3.05) is 6.54 Å². The summed E-state index contributed by atoms with van der Waals surface area (Å²) in [4.78, 5) is 15.8. The monoisotopic (exact) mass is 185 g/mol. The number of carboxylic acids is 1. The topological polar surface area (TPSA) is 96.9 Å². The quantitative estimate of drug-likeness (QED) is 0.480. The highest BCUT2D eigenvalue weighted by Gasteiger charge is 2.47. The highest BCUT2D eigenvalue weighted by Crippen LogP contribution is 2.31. The van der Waals surface area contributed by atoms with Crippen molar-refractivity contribution < 1.29 is 14.7 Å². The smallest absolute Gasteiger partial charge is 0.320 e. The number of rotatable bonds is 1. The Hall–Kier alpha value is -1.30. The zero-order valence-corrected chi connectivity index (χ0v) is 6.99. The third-order valence-corrected chi connectivity index (χ3v) is 2.40. The summed E-state index contributed by atoms with van der Waals surface area (Å²) in [7, 11) is 0. The first-order valence-corrected chi connectivity index (χ1v) is 4.08. The van der Waals surface area contributed by atoms with E-state index < -0.39 is 17.6 Å². The van der Waals surface area contributed by atoms with Crippen LogP contribution in [0.3, 0.4) is 0 Å². The lowest BCUT2D eigenvalue weighted by molar-refractivity contribution is -0.139. The summed E-state index contributed by atoms with van der Waals surface area (Å²) in [5.74, 6) is -0.418. The lowest BCUT2D eigenvalue weighted by atomic mass is 9.96. The number of nitrogens with zero attached hydrogens (tertiary/aromatic N) is 1. The number of nitrogens with two attached hydrogens (primary N) is 1. The van der Waals surface area contributed by atoms with E-state index in [9.17, 15) is 4.79 Å². The zero-order valence-electron chi connectivity index (χ0n) is 6.99. The third-order valence-electron chi connectivity index (χ3n) is 2.40. The van der Waals surface area contributed by atoms with Crippen LogP contribution in [-0.4, -0.2) is 35.1 Å². The van der Waals surface area contributed by atoms with Gasteiger partial charge in [0.1, 0.15) is 11.9 Å². The molecule has 0 bridgehead atoms. The van der Waals surface area contributed by atoms with E-state index in [4.69, 9.17) is 15.7 Å². The Kier molecular flexibility index (Phi) is 1.66. The van der Waals surface area contributed by atoms with Crippen molar-refractivity contribution >= 4 is 11.8 Å². The molecule has 72 valence electrons. The third kappa shape index (κ3) is 1.33. The summed E-state index contributed by atoms with van der Waals surface area (Å²) < 4.78 is 0. The highest BCUT2D eigenvalue weighted by atomic mass is 16.7. The molecule has 0 saturated carbocycles. The van der Waals surface area contributed by atoms with Crippen LogP contribution in [-0.2, 0) is 9.63 Å². The molecule has 2 heterocycles. The van der Waals surface area contributed by atoms with Crippen LogP contribution in [0.25, 0.3) is 0 Å². The van der Waals surface area contributed by atoms with Crippen molar-refractivity contribution in [3.63, 3.8) is 0 Å². The second kappa shape index (κ2) is 2.59. The normalized spacial score (nSPS) is 37.5. The van der Waals surface area contributed by atoms with E-state index in [1.807, 2.05) is 0 Å².